The molecule has 1 fully saturated rings. The van der Waals surface area contributed by atoms with Crippen molar-refractivity contribution >= 4 is 28.2 Å². The zero-order chi connectivity index (χ0) is 22.0. The predicted molar refractivity (Wildman–Crippen MR) is 115 cm³/mol. The molecule has 4 N–H and O–H groups in total. The molecule has 12 heteroatoms. The number of anilines is 1. The van der Waals surface area contributed by atoms with Crippen LogP contribution in [-0.4, -0.2) is 72.6 Å². The quantitative estimate of drug-likeness (QED) is 0.452. The molecule has 0 amide bonds. The molecular formula is C19H20N6O4S2. The summed E-state index contributed by atoms with van der Waals surface area (Å²) >= 11 is 2.63. The van der Waals surface area contributed by atoms with Crippen LogP contribution in [0, 0.1) is 12.3 Å². The first kappa shape index (κ1) is 21.7. The van der Waals surface area contributed by atoms with Crippen molar-refractivity contribution in [2.45, 2.75) is 34.7 Å². The van der Waals surface area contributed by atoms with E-state index in [1.54, 1.807) is 24.0 Å². The summed E-state index contributed by atoms with van der Waals surface area (Å²) in [5.74, 6) is 2.55. The highest BCUT2D eigenvalue weighted by Gasteiger charge is 2.47. The van der Waals surface area contributed by atoms with Gasteiger partial charge in [-0.1, -0.05) is 22.9 Å². The van der Waals surface area contributed by atoms with Crippen LogP contribution in [0.4, 0.5) is 5.13 Å². The fourth-order valence-corrected chi connectivity index (χ4v) is 5.10. The molecule has 3 aromatic heterocycles. The van der Waals surface area contributed by atoms with E-state index in [-0.39, 0.29) is 6.61 Å². The van der Waals surface area contributed by atoms with Crippen LogP contribution in [0.1, 0.15) is 11.6 Å². The molecule has 0 saturated carbocycles. The molecule has 4 rings (SSSR count). The van der Waals surface area contributed by atoms with Crippen LogP contribution in [-0.2, 0) is 9.47 Å². The van der Waals surface area contributed by atoms with E-state index in [0.29, 0.717) is 22.1 Å². The number of rotatable bonds is 6. The Bertz CT molecular complexity index is 1080. The van der Waals surface area contributed by atoms with Crippen molar-refractivity contribution in [3.63, 3.8) is 0 Å². The van der Waals surface area contributed by atoms with Crippen LogP contribution in [0.2, 0.25) is 0 Å². The van der Waals surface area contributed by atoms with Gasteiger partial charge in [0.1, 0.15) is 41.2 Å². The lowest BCUT2D eigenvalue weighted by Crippen LogP contribution is -2.55. The third-order valence-electron chi connectivity index (χ3n) is 4.83. The third-order valence-corrected chi connectivity index (χ3v) is 6.61. The van der Waals surface area contributed by atoms with Crippen molar-refractivity contribution in [3.05, 3.63) is 35.6 Å². The van der Waals surface area contributed by atoms with E-state index in [0.717, 1.165) is 4.90 Å². The molecule has 3 aromatic rings. The Morgan fingerprint density at radius 2 is 2.26 bits per heavy atom. The number of terminal acetylenes is 1. The standard InChI is InChI=1S/C19H20N6O4S2/c1-3-10-4-11(6-21-5-10)31-18-17(28-2)15(16(27)14(8-26)29-18)25-7-12(23-24-25)13-9-30-19(20)22-13/h1,4-7,9,14-18,26-27H,8H2,2H3,(H2,20,22). The van der Waals surface area contributed by atoms with Crippen molar-refractivity contribution < 1.29 is 19.7 Å². The number of thiazole rings is 1. The number of thioether (sulfide) groups is 1. The molecule has 0 spiro atoms. The van der Waals surface area contributed by atoms with Crippen molar-refractivity contribution in [2.24, 2.45) is 0 Å². The highest BCUT2D eigenvalue weighted by atomic mass is 32.2. The molecule has 31 heavy (non-hydrogen) atoms. The molecule has 0 bridgehead atoms. The van der Waals surface area contributed by atoms with Crippen molar-refractivity contribution in [1.29, 1.82) is 0 Å². The zero-order valence-electron chi connectivity index (χ0n) is 16.4. The second-order valence-electron chi connectivity index (χ2n) is 6.73. The minimum atomic E-state index is -1.09. The smallest absolute Gasteiger partial charge is 0.180 e. The second kappa shape index (κ2) is 9.31. The summed E-state index contributed by atoms with van der Waals surface area (Å²) in [7, 11) is 1.52. The molecule has 162 valence electrons. The van der Waals surface area contributed by atoms with Crippen LogP contribution in [0.5, 0.6) is 0 Å². The lowest BCUT2D eigenvalue weighted by Gasteiger charge is -2.43. The van der Waals surface area contributed by atoms with Gasteiger partial charge < -0.3 is 25.4 Å². The van der Waals surface area contributed by atoms with Gasteiger partial charge in [-0.2, -0.15) is 0 Å². The van der Waals surface area contributed by atoms with Crippen LogP contribution < -0.4 is 5.73 Å². The van der Waals surface area contributed by atoms with Crippen LogP contribution in [0.25, 0.3) is 11.4 Å². The van der Waals surface area contributed by atoms with Crippen molar-refractivity contribution in [2.75, 3.05) is 19.5 Å². The van der Waals surface area contributed by atoms with Gasteiger partial charge in [0.25, 0.3) is 0 Å². The van der Waals surface area contributed by atoms with Gasteiger partial charge in [-0.3, -0.25) is 4.98 Å². The number of nitrogens with zero attached hydrogens (tertiary/aromatic N) is 5. The molecule has 1 aliphatic rings. The third kappa shape index (κ3) is 4.42. The second-order valence-corrected chi connectivity index (χ2v) is 8.79. The highest BCUT2D eigenvalue weighted by molar-refractivity contribution is 7.99. The molecule has 0 aromatic carbocycles. The molecular weight excluding hydrogens is 440 g/mol. The van der Waals surface area contributed by atoms with Crippen LogP contribution in [0.3, 0.4) is 0 Å². The number of nitrogen functional groups attached to an aromatic ring is 1. The van der Waals surface area contributed by atoms with Gasteiger partial charge >= 0.3 is 0 Å². The first-order chi connectivity index (χ1) is 15.0. The number of hydrogen-bond donors (Lipinski definition) is 3. The normalized spacial score (nSPS) is 25.9. The lowest BCUT2D eigenvalue weighted by molar-refractivity contribution is -0.186. The Kier molecular flexibility index (Phi) is 6.51. The largest absolute Gasteiger partial charge is 0.394 e. The number of ether oxygens (including phenoxy) is 2. The van der Waals surface area contributed by atoms with E-state index in [4.69, 9.17) is 21.6 Å². The summed E-state index contributed by atoms with van der Waals surface area (Å²) < 4.78 is 13.2. The van der Waals surface area contributed by atoms with Gasteiger partial charge in [0, 0.05) is 35.3 Å². The summed E-state index contributed by atoms with van der Waals surface area (Å²) in [5, 5.41) is 31.2. The maximum atomic E-state index is 10.9. The predicted octanol–water partition coefficient (Wildman–Crippen LogP) is 0.787. The topological polar surface area (TPSA) is 141 Å². The van der Waals surface area contributed by atoms with Gasteiger partial charge in [0.15, 0.2) is 5.13 Å². The monoisotopic (exact) mass is 460 g/mol. The Labute approximate surface area is 186 Å². The van der Waals surface area contributed by atoms with Gasteiger partial charge in [-0.05, 0) is 6.07 Å². The van der Waals surface area contributed by atoms with Crippen LogP contribution >= 0.6 is 23.1 Å². The molecule has 5 atom stereocenters. The summed E-state index contributed by atoms with van der Waals surface area (Å²) in [4.78, 5) is 9.12. The van der Waals surface area contributed by atoms with Gasteiger partial charge in [0.05, 0.1) is 12.8 Å². The Hall–Kier alpha value is -2.53. The van der Waals surface area contributed by atoms with E-state index in [2.05, 4.69) is 26.2 Å². The maximum absolute atomic E-state index is 10.9. The summed E-state index contributed by atoms with van der Waals surface area (Å²) in [6.07, 6.45) is 7.83. The molecule has 0 aliphatic carbocycles. The van der Waals surface area contributed by atoms with E-state index >= 15 is 0 Å². The number of aromatic nitrogens is 5. The number of pyridine rings is 1. The fraction of sp³-hybridized carbons (Fsp3) is 0.368. The molecule has 1 saturated heterocycles. The number of aliphatic hydroxyl groups is 2. The summed E-state index contributed by atoms with van der Waals surface area (Å²) in [6.45, 7) is -0.377. The average Bonchev–Trinajstić information content (AvgIpc) is 3.43. The molecule has 4 heterocycles. The first-order valence-corrected chi connectivity index (χ1v) is 11.0. The molecule has 0 radical (unpaired) electrons. The van der Waals surface area contributed by atoms with Gasteiger partial charge in [0.2, 0.25) is 0 Å². The SMILES string of the molecule is C#Cc1cncc(SC2OC(CO)C(O)C(n3cc(-c4csc(N)n4)nn3)C2OC)c1. The summed E-state index contributed by atoms with van der Waals surface area (Å²) in [5.41, 5.74) is 6.86. The number of aliphatic hydroxyl groups excluding tert-OH is 2. The Morgan fingerprint density at radius 1 is 1.42 bits per heavy atom. The maximum Gasteiger partial charge on any atom is 0.180 e. The first-order valence-electron chi connectivity index (χ1n) is 9.22. The Morgan fingerprint density at radius 3 is 2.94 bits per heavy atom. The Balaban J connectivity index is 1.65. The number of nitrogens with two attached hydrogens (primary N) is 1. The molecule has 10 nitrogen and oxygen atoms in total. The summed E-state index contributed by atoms with van der Waals surface area (Å²) in [6, 6.07) is 1.14. The van der Waals surface area contributed by atoms with E-state index < -0.39 is 29.8 Å². The van der Waals surface area contributed by atoms with E-state index in [1.807, 2.05) is 6.07 Å². The number of hydrogen-bond acceptors (Lipinski definition) is 11. The van der Waals surface area contributed by atoms with Gasteiger partial charge in [-0.15, -0.1) is 22.9 Å². The van der Waals surface area contributed by atoms with Crippen molar-refractivity contribution in [1.82, 2.24) is 25.0 Å². The minimum absolute atomic E-state index is 0.377. The fourth-order valence-electron chi connectivity index (χ4n) is 3.35. The average molecular weight is 461 g/mol. The van der Waals surface area contributed by atoms with E-state index in [9.17, 15) is 10.2 Å². The minimum Gasteiger partial charge on any atom is -0.394 e. The molecule has 1 aliphatic heterocycles. The van der Waals surface area contributed by atoms with Crippen molar-refractivity contribution in [3.8, 4) is 23.7 Å². The van der Waals surface area contributed by atoms with Gasteiger partial charge in [-0.25, -0.2) is 9.67 Å². The highest BCUT2D eigenvalue weighted by Crippen LogP contribution is 2.39. The zero-order valence-corrected chi connectivity index (χ0v) is 18.0. The molecule has 5 unspecified atom stereocenters. The van der Waals surface area contributed by atoms with Crippen LogP contribution in [0.15, 0.2) is 34.9 Å². The lowest BCUT2D eigenvalue weighted by atomic mass is 9.97. The number of methoxy groups -OCH3 is 1. The van der Waals surface area contributed by atoms with E-state index in [1.165, 1.54) is 34.9 Å².